The van der Waals surface area contributed by atoms with E-state index >= 15 is 0 Å². The number of β-amino-alcohol motifs (C(OH)–C–C–N with tert-alkyl or cyclic N) is 1. The number of hydrogen-bond donors (Lipinski definition) is 5. The molecule has 0 radical (unpaired) electrons. The lowest BCUT2D eigenvalue weighted by atomic mass is 9.81. The average Bonchev–Trinajstić information content (AvgIpc) is 2.80. The molecule has 0 saturated carbocycles. The van der Waals surface area contributed by atoms with Gasteiger partial charge in [0.2, 0.25) is 0 Å². The maximum absolute atomic E-state index is 11.4. The molecular formula is C27H51N3O4. The summed E-state index contributed by atoms with van der Waals surface area (Å²) < 4.78 is 0. The number of aliphatic hydroxyl groups excluding tert-OH is 1. The van der Waals surface area contributed by atoms with E-state index in [1.54, 1.807) is 0 Å². The molecular weight excluding hydrogens is 430 g/mol. The summed E-state index contributed by atoms with van der Waals surface area (Å²) in [6.07, 6.45) is 13.7. The number of rotatable bonds is 13. The van der Waals surface area contributed by atoms with E-state index in [2.05, 4.69) is 29.4 Å². The molecule has 0 aromatic heterocycles. The van der Waals surface area contributed by atoms with Crippen molar-refractivity contribution in [2.75, 3.05) is 26.2 Å². The Labute approximate surface area is 207 Å². The third-order valence-electron chi connectivity index (χ3n) is 9.03. The fraction of sp³-hybridized carbons (Fsp3) is 0.963. The Morgan fingerprint density at radius 3 is 2.56 bits per heavy atom. The van der Waals surface area contributed by atoms with Crippen molar-refractivity contribution in [1.82, 2.24) is 15.5 Å². The number of aliphatic carboxylic acids is 1. The Morgan fingerprint density at radius 1 is 1.12 bits per heavy atom. The van der Waals surface area contributed by atoms with Gasteiger partial charge in [-0.05, 0) is 84.3 Å². The number of unbranched alkanes of at least 4 members (excludes halogenated alkanes) is 4. The van der Waals surface area contributed by atoms with E-state index in [-0.39, 0.29) is 18.1 Å². The van der Waals surface area contributed by atoms with Crippen molar-refractivity contribution in [2.45, 2.75) is 133 Å². The summed E-state index contributed by atoms with van der Waals surface area (Å²) in [7, 11) is 0. The van der Waals surface area contributed by atoms with E-state index in [9.17, 15) is 20.1 Å². The lowest BCUT2D eigenvalue weighted by molar-refractivity contribution is -0.143. The monoisotopic (exact) mass is 481 g/mol. The molecule has 0 amide bonds. The van der Waals surface area contributed by atoms with Gasteiger partial charge in [-0.2, -0.15) is 0 Å². The van der Waals surface area contributed by atoms with Crippen molar-refractivity contribution in [1.29, 1.82) is 0 Å². The molecule has 0 unspecified atom stereocenters. The first-order valence-corrected chi connectivity index (χ1v) is 14.0. The zero-order chi connectivity index (χ0) is 24.6. The molecule has 3 aliphatic heterocycles. The van der Waals surface area contributed by atoms with Crippen LogP contribution in [0.15, 0.2) is 0 Å². The fourth-order valence-electron chi connectivity index (χ4n) is 6.53. The molecule has 3 saturated heterocycles. The number of aliphatic hydroxyl groups is 2. The molecule has 3 heterocycles. The first-order chi connectivity index (χ1) is 16.2. The SMILES string of the molecule is C[C@H]1[C@H](O)CC[C@H]2C[C@H](CCCCCCC[C@](O)(CNC3(C)CCNCC3)CC(=O)O)CCN21. The predicted octanol–water partition coefficient (Wildman–Crippen LogP) is 3.28. The Morgan fingerprint density at radius 2 is 1.82 bits per heavy atom. The van der Waals surface area contributed by atoms with Crippen LogP contribution >= 0.6 is 0 Å². The van der Waals surface area contributed by atoms with Crippen LogP contribution in [0.25, 0.3) is 0 Å². The topological polar surface area (TPSA) is 105 Å². The summed E-state index contributed by atoms with van der Waals surface area (Å²) in [5.41, 5.74) is -1.19. The van der Waals surface area contributed by atoms with Crippen LogP contribution in [0.2, 0.25) is 0 Å². The number of nitrogens with zero attached hydrogens (tertiary/aromatic N) is 1. The van der Waals surface area contributed by atoms with E-state index < -0.39 is 11.6 Å². The van der Waals surface area contributed by atoms with Crippen LogP contribution in [0, 0.1) is 5.92 Å². The second-order valence-electron chi connectivity index (χ2n) is 11.9. The van der Waals surface area contributed by atoms with Crippen molar-refractivity contribution >= 4 is 5.97 Å². The highest BCUT2D eigenvalue weighted by atomic mass is 16.4. The quantitative estimate of drug-likeness (QED) is 0.257. The van der Waals surface area contributed by atoms with E-state index in [0.29, 0.717) is 25.0 Å². The molecule has 3 rings (SSSR count). The van der Waals surface area contributed by atoms with E-state index in [1.165, 1.54) is 32.1 Å². The zero-order valence-electron chi connectivity index (χ0n) is 21.7. The molecule has 0 aromatic rings. The molecule has 198 valence electrons. The average molecular weight is 482 g/mol. The summed E-state index contributed by atoms with van der Waals surface area (Å²) in [5, 5.41) is 37.4. The van der Waals surface area contributed by atoms with Crippen LogP contribution in [-0.4, -0.2) is 81.7 Å². The van der Waals surface area contributed by atoms with Crippen LogP contribution in [-0.2, 0) is 4.79 Å². The molecule has 3 aliphatic rings. The van der Waals surface area contributed by atoms with Gasteiger partial charge in [-0.1, -0.05) is 38.5 Å². The molecule has 5 atom stereocenters. The number of carboxylic acids is 1. The van der Waals surface area contributed by atoms with Crippen molar-refractivity contribution in [3.05, 3.63) is 0 Å². The van der Waals surface area contributed by atoms with Crippen molar-refractivity contribution in [3.8, 4) is 0 Å². The van der Waals surface area contributed by atoms with Gasteiger partial charge in [-0.25, -0.2) is 0 Å². The predicted molar refractivity (Wildman–Crippen MR) is 136 cm³/mol. The van der Waals surface area contributed by atoms with Crippen LogP contribution in [0.3, 0.4) is 0 Å². The number of fused-ring (bicyclic) bond motifs is 1. The first kappa shape index (κ1) is 27.9. The van der Waals surface area contributed by atoms with Gasteiger partial charge in [0.1, 0.15) is 0 Å². The van der Waals surface area contributed by atoms with Gasteiger partial charge in [0, 0.05) is 24.2 Å². The third-order valence-corrected chi connectivity index (χ3v) is 9.03. The Kier molecular flexibility index (Phi) is 10.6. The highest BCUT2D eigenvalue weighted by molar-refractivity contribution is 5.68. The number of hydrogen-bond acceptors (Lipinski definition) is 6. The highest BCUT2D eigenvalue weighted by Crippen LogP contribution is 2.35. The molecule has 0 aromatic carbocycles. The summed E-state index contributed by atoms with van der Waals surface area (Å²) in [6, 6.07) is 0.988. The summed E-state index contributed by atoms with van der Waals surface area (Å²) in [5.74, 6) is -0.0977. The minimum absolute atomic E-state index is 0.0245. The minimum atomic E-state index is -1.17. The van der Waals surface area contributed by atoms with Crippen molar-refractivity contribution < 1.29 is 20.1 Å². The van der Waals surface area contributed by atoms with Crippen molar-refractivity contribution in [2.24, 2.45) is 5.92 Å². The zero-order valence-corrected chi connectivity index (χ0v) is 21.7. The van der Waals surface area contributed by atoms with Crippen molar-refractivity contribution in [3.63, 3.8) is 0 Å². The first-order valence-electron chi connectivity index (χ1n) is 14.0. The molecule has 3 fully saturated rings. The van der Waals surface area contributed by atoms with Crippen LogP contribution in [0.1, 0.15) is 104 Å². The Balaban J connectivity index is 1.29. The van der Waals surface area contributed by atoms with Crippen LogP contribution in [0.5, 0.6) is 0 Å². The normalized spacial score (nSPS) is 31.5. The molecule has 34 heavy (non-hydrogen) atoms. The van der Waals surface area contributed by atoms with Gasteiger partial charge >= 0.3 is 5.97 Å². The van der Waals surface area contributed by atoms with E-state index in [1.807, 2.05) is 0 Å². The standard InChI is InChI=1S/C27H51N3O4/c1-21-24(31)10-9-23-18-22(11-17-30(21)23)8-6-4-3-5-7-12-27(34,19-25(32)33)20-29-26(2)13-15-28-16-14-26/h21-24,28-29,31,34H,3-20H2,1-2H3,(H,32,33)/t21-,22+,23-,24+,27+/m0/s1. The molecule has 7 heteroatoms. The molecule has 0 spiro atoms. The molecule has 0 aliphatic carbocycles. The van der Waals surface area contributed by atoms with Gasteiger partial charge < -0.3 is 26.0 Å². The Bertz CT molecular complexity index is 627. The second kappa shape index (κ2) is 13.0. The van der Waals surface area contributed by atoms with Gasteiger partial charge in [-0.3, -0.25) is 9.69 Å². The lowest BCUT2D eigenvalue weighted by Crippen LogP contribution is -2.55. The smallest absolute Gasteiger partial charge is 0.306 e. The summed E-state index contributed by atoms with van der Waals surface area (Å²) in [6.45, 7) is 7.77. The summed E-state index contributed by atoms with van der Waals surface area (Å²) >= 11 is 0. The number of nitrogens with one attached hydrogen (secondary N) is 2. The highest BCUT2D eigenvalue weighted by Gasteiger charge is 2.37. The van der Waals surface area contributed by atoms with E-state index in [4.69, 9.17) is 0 Å². The van der Waals surface area contributed by atoms with Gasteiger partial charge in [0.15, 0.2) is 0 Å². The second-order valence-corrected chi connectivity index (χ2v) is 11.9. The number of piperidine rings is 3. The van der Waals surface area contributed by atoms with Crippen LogP contribution < -0.4 is 10.6 Å². The molecule has 0 bridgehead atoms. The Hall–Kier alpha value is -0.730. The van der Waals surface area contributed by atoms with Gasteiger partial charge in [-0.15, -0.1) is 0 Å². The van der Waals surface area contributed by atoms with Crippen LogP contribution in [0.4, 0.5) is 0 Å². The molecule has 7 nitrogen and oxygen atoms in total. The fourth-order valence-corrected chi connectivity index (χ4v) is 6.53. The minimum Gasteiger partial charge on any atom is -0.481 e. The maximum atomic E-state index is 11.4. The number of carboxylic acid groups (broad SMARTS) is 1. The van der Waals surface area contributed by atoms with Gasteiger partial charge in [0.05, 0.1) is 18.1 Å². The van der Waals surface area contributed by atoms with Gasteiger partial charge in [0.25, 0.3) is 0 Å². The maximum Gasteiger partial charge on any atom is 0.306 e. The van der Waals surface area contributed by atoms with E-state index in [0.717, 1.165) is 70.5 Å². The molecule has 5 N–H and O–H groups in total. The largest absolute Gasteiger partial charge is 0.481 e. The third kappa shape index (κ3) is 8.44. The number of carbonyl (C=O) groups is 1. The lowest BCUT2D eigenvalue weighted by Gasteiger charge is -2.48. The summed E-state index contributed by atoms with van der Waals surface area (Å²) in [4.78, 5) is 13.9.